The molecule has 1 aliphatic carbocycles. The number of aliphatic imine (C=N–C) groups is 1. The van der Waals surface area contributed by atoms with Gasteiger partial charge in [0.25, 0.3) is 0 Å². The van der Waals surface area contributed by atoms with E-state index in [1.807, 2.05) is 43.3 Å². The zero-order chi connectivity index (χ0) is 20.7. The minimum absolute atomic E-state index is 0. The largest absolute Gasteiger partial charge is 0.492 e. The van der Waals surface area contributed by atoms with Gasteiger partial charge in [-0.05, 0) is 49.6 Å². The van der Waals surface area contributed by atoms with Crippen LogP contribution in [0.2, 0.25) is 0 Å². The van der Waals surface area contributed by atoms with Gasteiger partial charge >= 0.3 is 0 Å². The van der Waals surface area contributed by atoms with E-state index in [-0.39, 0.29) is 30.0 Å². The van der Waals surface area contributed by atoms with Gasteiger partial charge in [0, 0.05) is 19.6 Å². The van der Waals surface area contributed by atoms with Crippen molar-refractivity contribution in [2.75, 3.05) is 20.2 Å². The third-order valence-electron chi connectivity index (χ3n) is 4.50. The van der Waals surface area contributed by atoms with E-state index in [4.69, 9.17) is 4.74 Å². The molecule has 0 aromatic heterocycles. The van der Waals surface area contributed by atoms with Crippen molar-refractivity contribution in [3.8, 4) is 5.75 Å². The standard InChI is InChI=1S/C21H28N4O3S.HI/c1-16-3-9-19(10-4-16)28-14-13-23-21(22-2)24-15-17-5-11-20(12-6-17)29(26,27)25-18-7-8-18;/h3-6,9-12,18,25H,7-8,13-15H2,1-2H3,(H2,22,23,24);1H. The van der Waals surface area contributed by atoms with Crippen molar-refractivity contribution in [2.24, 2.45) is 4.99 Å². The summed E-state index contributed by atoms with van der Waals surface area (Å²) in [5, 5.41) is 6.40. The highest BCUT2D eigenvalue weighted by molar-refractivity contribution is 14.0. The summed E-state index contributed by atoms with van der Waals surface area (Å²) in [6, 6.07) is 14.9. The summed E-state index contributed by atoms with van der Waals surface area (Å²) in [6.07, 6.45) is 1.84. The minimum atomic E-state index is -3.41. The van der Waals surface area contributed by atoms with E-state index < -0.39 is 10.0 Å². The predicted molar refractivity (Wildman–Crippen MR) is 130 cm³/mol. The lowest BCUT2D eigenvalue weighted by Crippen LogP contribution is -2.38. The van der Waals surface area contributed by atoms with Crippen LogP contribution < -0.4 is 20.1 Å². The van der Waals surface area contributed by atoms with Crippen LogP contribution in [0, 0.1) is 6.92 Å². The molecule has 164 valence electrons. The Morgan fingerprint density at radius 3 is 2.33 bits per heavy atom. The van der Waals surface area contributed by atoms with Crippen molar-refractivity contribution in [2.45, 2.75) is 37.2 Å². The molecule has 9 heteroatoms. The van der Waals surface area contributed by atoms with E-state index in [1.165, 1.54) is 5.56 Å². The molecule has 0 bridgehead atoms. The first kappa shape index (κ1) is 24.4. The lowest BCUT2D eigenvalue weighted by atomic mass is 10.2. The molecule has 0 aliphatic heterocycles. The fourth-order valence-electron chi connectivity index (χ4n) is 2.65. The Morgan fingerprint density at radius 1 is 1.07 bits per heavy atom. The van der Waals surface area contributed by atoms with Crippen LogP contribution in [-0.2, 0) is 16.6 Å². The second-order valence-corrected chi connectivity index (χ2v) is 8.77. The number of guanidine groups is 1. The maximum Gasteiger partial charge on any atom is 0.240 e. The molecule has 1 saturated carbocycles. The minimum Gasteiger partial charge on any atom is -0.492 e. The smallest absolute Gasteiger partial charge is 0.240 e. The lowest BCUT2D eigenvalue weighted by molar-refractivity contribution is 0.322. The van der Waals surface area contributed by atoms with Gasteiger partial charge in [-0.15, -0.1) is 24.0 Å². The van der Waals surface area contributed by atoms with Crippen molar-refractivity contribution in [1.29, 1.82) is 0 Å². The number of ether oxygens (including phenoxy) is 1. The molecule has 2 aromatic rings. The van der Waals surface area contributed by atoms with Crippen molar-refractivity contribution >= 4 is 40.0 Å². The molecular weight excluding hydrogens is 515 g/mol. The molecule has 1 fully saturated rings. The van der Waals surface area contributed by atoms with Crippen molar-refractivity contribution in [1.82, 2.24) is 15.4 Å². The summed E-state index contributed by atoms with van der Waals surface area (Å²) in [7, 11) is -1.71. The summed E-state index contributed by atoms with van der Waals surface area (Å²) in [4.78, 5) is 4.48. The number of sulfonamides is 1. The number of halogens is 1. The zero-order valence-corrected chi connectivity index (χ0v) is 20.4. The van der Waals surface area contributed by atoms with E-state index in [9.17, 15) is 8.42 Å². The Balaban J connectivity index is 0.00000320. The Morgan fingerprint density at radius 2 is 1.73 bits per heavy atom. The summed E-state index contributed by atoms with van der Waals surface area (Å²) in [6.45, 7) is 3.70. The van der Waals surface area contributed by atoms with E-state index >= 15 is 0 Å². The molecule has 0 amide bonds. The van der Waals surface area contributed by atoms with Crippen LogP contribution in [-0.4, -0.2) is 40.6 Å². The number of rotatable bonds is 9. The lowest BCUT2D eigenvalue weighted by Gasteiger charge is -2.13. The van der Waals surface area contributed by atoms with Crippen molar-refractivity contribution < 1.29 is 13.2 Å². The van der Waals surface area contributed by atoms with Crippen LogP contribution in [0.4, 0.5) is 0 Å². The number of nitrogens with zero attached hydrogens (tertiary/aromatic N) is 1. The number of aryl methyl sites for hydroxylation is 1. The second kappa shape index (κ2) is 11.5. The van der Waals surface area contributed by atoms with Crippen LogP contribution in [0.25, 0.3) is 0 Å². The molecule has 0 heterocycles. The van der Waals surface area contributed by atoms with Gasteiger partial charge < -0.3 is 15.4 Å². The zero-order valence-electron chi connectivity index (χ0n) is 17.2. The number of benzene rings is 2. The molecule has 1 aliphatic rings. The molecule has 0 radical (unpaired) electrons. The molecule has 7 nitrogen and oxygen atoms in total. The van der Waals surface area contributed by atoms with Gasteiger partial charge in [-0.3, -0.25) is 4.99 Å². The highest BCUT2D eigenvalue weighted by Crippen LogP contribution is 2.22. The second-order valence-electron chi connectivity index (χ2n) is 7.05. The number of hydrogen-bond donors (Lipinski definition) is 3. The normalized spacial score (nSPS) is 14.0. The van der Waals surface area contributed by atoms with Crippen LogP contribution >= 0.6 is 24.0 Å². The summed E-state index contributed by atoms with van der Waals surface area (Å²) < 4.78 is 32.8. The van der Waals surface area contributed by atoms with Gasteiger partial charge in [0.05, 0.1) is 11.4 Å². The molecule has 30 heavy (non-hydrogen) atoms. The van der Waals surface area contributed by atoms with Gasteiger partial charge in [0.1, 0.15) is 12.4 Å². The third kappa shape index (κ3) is 7.77. The van der Waals surface area contributed by atoms with Gasteiger partial charge in [0.15, 0.2) is 5.96 Å². The molecule has 2 aromatic carbocycles. The number of hydrogen-bond acceptors (Lipinski definition) is 4. The molecule has 3 N–H and O–H groups in total. The van der Waals surface area contributed by atoms with E-state index in [1.54, 1.807) is 19.2 Å². The summed E-state index contributed by atoms with van der Waals surface area (Å²) in [5.74, 6) is 1.50. The Bertz CT molecular complexity index is 928. The summed E-state index contributed by atoms with van der Waals surface area (Å²) >= 11 is 0. The molecule has 0 atom stereocenters. The molecule has 0 saturated heterocycles. The Hall–Kier alpha value is -1.85. The predicted octanol–water partition coefficient (Wildman–Crippen LogP) is 2.80. The average Bonchev–Trinajstić information content (AvgIpc) is 3.52. The van der Waals surface area contributed by atoms with Crippen LogP contribution in [0.1, 0.15) is 24.0 Å². The quantitative estimate of drug-likeness (QED) is 0.196. The average molecular weight is 544 g/mol. The third-order valence-corrected chi connectivity index (χ3v) is 6.04. The van der Waals surface area contributed by atoms with Crippen LogP contribution in [0.15, 0.2) is 58.4 Å². The SMILES string of the molecule is CN=C(NCCOc1ccc(C)cc1)NCc1ccc(S(=O)(=O)NC2CC2)cc1.I. The molecule has 3 rings (SSSR count). The maximum absolute atomic E-state index is 12.2. The first-order chi connectivity index (χ1) is 14.0. The Labute approximate surface area is 195 Å². The fourth-order valence-corrected chi connectivity index (χ4v) is 3.96. The summed E-state index contributed by atoms with van der Waals surface area (Å²) in [5.41, 5.74) is 2.17. The van der Waals surface area contributed by atoms with E-state index in [0.29, 0.717) is 30.6 Å². The first-order valence-electron chi connectivity index (χ1n) is 9.71. The van der Waals surface area contributed by atoms with Gasteiger partial charge in [-0.1, -0.05) is 29.8 Å². The monoisotopic (exact) mass is 544 g/mol. The highest BCUT2D eigenvalue weighted by atomic mass is 127. The maximum atomic E-state index is 12.2. The molecular formula is C21H29IN4O3S. The van der Waals surface area contributed by atoms with Gasteiger partial charge in [-0.2, -0.15) is 0 Å². The van der Waals surface area contributed by atoms with E-state index in [0.717, 1.165) is 24.2 Å². The highest BCUT2D eigenvalue weighted by Gasteiger charge is 2.27. The first-order valence-corrected chi connectivity index (χ1v) is 11.2. The van der Waals surface area contributed by atoms with Crippen molar-refractivity contribution in [3.63, 3.8) is 0 Å². The Kier molecular flexibility index (Phi) is 9.37. The molecule has 0 spiro atoms. The fraction of sp³-hybridized carbons (Fsp3) is 0.381. The number of nitrogens with one attached hydrogen (secondary N) is 3. The van der Waals surface area contributed by atoms with Crippen LogP contribution in [0.3, 0.4) is 0 Å². The molecule has 0 unspecified atom stereocenters. The topological polar surface area (TPSA) is 91.8 Å². The van der Waals surface area contributed by atoms with Gasteiger partial charge in [0.2, 0.25) is 10.0 Å². The van der Waals surface area contributed by atoms with E-state index in [2.05, 4.69) is 20.3 Å². The van der Waals surface area contributed by atoms with Crippen molar-refractivity contribution in [3.05, 3.63) is 59.7 Å². The van der Waals surface area contributed by atoms with Gasteiger partial charge in [-0.25, -0.2) is 13.1 Å². The van der Waals surface area contributed by atoms with Crippen LogP contribution in [0.5, 0.6) is 5.75 Å².